The van der Waals surface area contributed by atoms with Crippen LogP contribution in [-0.4, -0.2) is 27.8 Å². The van der Waals surface area contributed by atoms with Crippen LogP contribution >= 0.6 is 0 Å². The van der Waals surface area contributed by atoms with Crippen LogP contribution in [0.5, 0.6) is 0 Å². The van der Waals surface area contributed by atoms with Crippen molar-refractivity contribution in [3.05, 3.63) is 90.4 Å². The Labute approximate surface area is 186 Å². The lowest BCUT2D eigenvalue weighted by atomic mass is 9.91. The van der Waals surface area contributed by atoms with Gasteiger partial charge in [0.1, 0.15) is 5.82 Å². The topological polar surface area (TPSA) is 64.2 Å². The zero-order chi connectivity index (χ0) is 22.2. The number of anilines is 1. The lowest BCUT2D eigenvalue weighted by molar-refractivity contribution is -0.120. The maximum atomic E-state index is 13.5. The number of nitrogens with zero attached hydrogens (tertiary/aromatic N) is 3. The summed E-state index contributed by atoms with van der Waals surface area (Å²) >= 11 is 0. The van der Waals surface area contributed by atoms with Gasteiger partial charge < -0.3 is 10.6 Å². The fraction of sp³-hybridized carbons (Fsp3) is 0.231. The fourth-order valence-corrected chi connectivity index (χ4v) is 4.77. The molecule has 2 N–H and O–H groups in total. The summed E-state index contributed by atoms with van der Waals surface area (Å²) in [6, 6.07) is 21.9. The summed E-state index contributed by atoms with van der Waals surface area (Å²) in [4.78, 5) is 15.3. The summed E-state index contributed by atoms with van der Waals surface area (Å²) in [5, 5.41) is 5.38. The van der Waals surface area contributed by atoms with Gasteiger partial charge in [-0.15, -0.1) is 0 Å². The molecule has 3 aromatic carbocycles. The monoisotopic (exact) mass is 428 g/mol. The summed E-state index contributed by atoms with van der Waals surface area (Å²) in [6.45, 7) is 2.07. The van der Waals surface area contributed by atoms with Crippen LogP contribution in [0.3, 0.4) is 0 Å². The van der Waals surface area contributed by atoms with E-state index < -0.39 is 0 Å². The van der Waals surface area contributed by atoms with Crippen molar-refractivity contribution in [1.29, 1.82) is 0 Å². The van der Waals surface area contributed by atoms with Crippen molar-refractivity contribution in [3.63, 3.8) is 0 Å². The molecule has 1 saturated heterocycles. The van der Waals surface area contributed by atoms with E-state index in [9.17, 15) is 9.18 Å². The highest BCUT2D eigenvalue weighted by atomic mass is 19.1. The minimum atomic E-state index is -0.285. The van der Waals surface area contributed by atoms with Gasteiger partial charge in [-0.1, -0.05) is 37.3 Å². The van der Waals surface area contributed by atoms with Gasteiger partial charge in [0.15, 0.2) is 0 Å². The maximum absolute atomic E-state index is 13.5. The fourth-order valence-electron chi connectivity index (χ4n) is 4.77. The van der Waals surface area contributed by atoms with Crippen molar-refractivity contribution < 1.29 is 9.18 Å². The molecular weight excluding hydrogens is 403 g/mol. The Kier molecular flexibility index (Phi) is 5.23. The van der Waals surface area contributed by atoms with Gasteiger partial charge in [0.25, 0.3) is 0 Å². The Morgan fingerprint density at radius 1 is 1.00 bits per heavy atom. The normalized spacial score (nSPS) is 20.9. The van der Waals surface area contributed by atoms with Gasteiger partial charge in [0.05, 0.1) is 29.4 Å². The lowest BCUT2D eigenvalue weighted by Gasteiger charge is -2.26. The second-order valence-electron chi connectivity index (χ2n) is 8.33. The Hall–Kier alpha value is -3.51. The minimum Gasteiger partial charge on any atom is -0.325 e. The molecular formula is C26H25FN4O. The molecule has 0 bridgehead atoms. The molecule has 1 amide bonds. The first-order chi connectivity index (χ1) is 15.6. The summed E-state index contributed by atoms with van der Waals surface area (Å²) < 4.78 is 15.1. The van der Waals surface area contributed by atoms with Gasteiger partial charge >= 0.3 is 0 Å². The van der Waals surface area contributed by atoms with Crippen LogP contribution in [0, 0.1) is 11.7 Å². The second-order valence-corrected chi connectivity index (χ2v) is 8.33. The van der Waals surface area contributed by atoms with E-state index in [4.69, 9.17) is 5.73 Å². The number of carbonyl (C=O) groups is 1. The quantitative estimate of drug-likeness (QED) is 0.510. The standard InChI is InChI=1S/C26H25FN4O/c1-2-23-25(28)22(14-17-6-4-3-5-7-17)26(32)30(23)21-12-13-24-18(15-21)16-29-31(24)20-10-8-19(27)9-11-20/h3-13,15-16,22-23,25H,2,14,28H2,1H3/t22?,23-,25+/m1/s1. The molecule has 1 aliphatic rings. The highest BCUT2D eigenvalue weighted by Crippen LogP contribution is 2.35. The molecule has 3 atom stereocenters. The lowest BCUT2D eigenvalue weighted by Crippen LogP contribution is -2.41. The molecule has 1 fully saturated rings. The predicted octanol–water partition coefficient (Wildman–Crippen LogP) is 4.48. The molecule has 0 aliphatic carbocycles. The smallest absolute Gasteiger partial charge is 0.232 e. The van der Waals surface area contributed by atoms with Crippen molar-refractivity contribution in [2.24, 2.45) is 11.7 Å². The van der Waals surface area contributed by atoms with E-state index in [1.807, 2.05) is 53.4 Å². The van der Waals surface area contributed by atoms with Gasteiger partial charge in [-0.2, -0.15) is 5.10 Å². The molecule has 5 nitrogen and oxygen atoms in total. The Balaban J connectivity index is 1.48. The molecule has 1 unspecified atom stereocenters. The van der Waals surface area contributed by atoms with E-state index in [0.29, 0.717) is 6.42 Å². The number of hydrogen-bond donors (Lipinski definition) is 1. The average Bonchev–Trinajstić information content (AvgIpc) is 3.34. The van der Waals surface area contributed by atoms with E-state index in [-0.39, 0.29) is 29.7 Å². The number of fused-ring (bicyclic) bond motifs is 1. The van der Waals surface area contributed by atoms with Gasteiger partial charge in [-0.05, 0) is 60.9 Å². The third-order valence-corrected chi connectivity index (χ3v) is 6.41. The molecule has 1 aliphatic heterocycles. The van der Waals surface area contributed by atoms with Gasteiger partial charge in [-0.3, -0.25) is 4.79 Å². The van der Waals surface area contributed by atoms with Crippen LogP contribution in [0.4, 0.5) is 10.1 Å². The van der Waals surface area contributed by atoms with Crippen molar-refractivity contribution in [2.45, 2.75) is 31.8 Å². The number of aromatic nitrogens is 2. The number of halogens is 1. The molecule has 0 spiro atoms. The molecule has 0 radical (unpaired) electrons. The molecule has 0 saturated carbocycles. The Morgan fingerprint density at radius 3 is 2.44 bits per heavy atom. The van der Waals surface area contributed by atoms with E-state index in [1.165, 1.54) is 12.1 Å². The molecule has 162 valence electrons. The average molecular weight is 429 g/mol. The van der Waals surface area contributed by atoms with Crippen LogP contribution in [0.1, 0.15) is 18.9 Å². The van der Waals surface area contributed by atoms with Crippen molar-refractivity contribution in [2.75, 3.05) is 4.90 Å². The number of benzene rings is 3. The van der Waals surface area contributed by atoms with Crippen molar-refractivity contribution in [3.8, 4) is 5.69 Å². The SMILES string of the molecule is CC[C@@H]1[C@@H](N)C(Cc2ccccc2)C(=O)N1c1ccc2c(cnn2-c2ccc(F)cc2)c1. The van der Waals surface area contributed by atoms with E-state index >= 15 is 0 Å². The second kappa shape index (κ2) is 8.20. The van der Waals surface area contributed by atoms with Gasteiger partial charge in [-0.25, -0.2) is 9.07 Å². The Morgan fingerprint density at radius 2 is 1.72 bits per heavy atom. The summed E-state index contributed by atoms with van der Waals surface area (Å²) in [7, 11) is 0. The molecule has 2 heterocycles. The van der Waals surface area contributed by atoms with Crippen molar-refractivity contribution >= 4 is 22.5 Å². The molecule has 32 heavy (non-hydrogen) atoms. The Bertz CT molecular complexity index is 1250. The van der Waals surface area contributed by atoms with Gasteiger partial charge in [0.2, 0.25) is 5.91 Å². The summed E-state index contributed by atoms with van der Waals surface area (Å²) in [5.74, 6) is -0.467. The first-order valence-electron chi connectivity index (χ1n) is 10.9. The van der Waals surface area contributed by atoms with Crippen LogP contribution < -0.4 is 10.6 Å². The molecule has 1 aromatic heterocycles. The largest absolute Gasteiger partial charge is 0.325 e. The van der Waals surface area contributed by atoms with Crippen LogP contribution in [0.25, 0.3) is 16.6 Å². The maximum Gasteiger partial charge on any atom is 0.232 e. The third-order valence-electron chi connectivity index (χ3n) is 6.41. The zero-order valence-electron chi connectivity index (χ0n) is 17.9. The van der Waals surface area contributed by atoms with Crippen LogP contribution in [0.2, 0.25) is 0 Å². The zero-order valence-corrected chi connectivity index (χ0v) is 17.9. The predicted molar refractivity (Wildman–Crippen MR) is 124 cm³/mol. The van der Waals surface area contributed by atoms with Crippen LogP contribution in [0.15, 0.2) is 79.0 Å². The summed E-state index contributed by atoms with van der Waals surface area (Å²) in [5.41, 5.74) is 10.2. The van der Waals surface area contributed by atoms with E-state index in [0.717, 1.165) is 34.3 Å². The summed E-state index contributed by atoms with van der Waals surface area (Å²) in [6.07, 6.45) is 3.19. The molecule has 6 heteroatoms. The van der Waals surface area contributed by atoms with Gasteiger partial charge in [0, 0.05) is 17.1 Å². The number of amides is 1. The minimum absolute atomic E-state index is 0.0548. The number of rotatable bonds is 5. The van der Waals surface area contributed by atoms with Crippen LogP contribution in [-0.2, 0) is 11.2 Å². The first kappa shape index (κ1) is 20.4. The number of hydrogen-bond acceptors (Lipinski definition) is 3. The highest BCUT2D eigenvalue weighted by Gasteiger charge is 2.45. The number of nitrogens with two attached hydrogens (primary N) is 1. The molecule has 5 rings (SSSR count). The van der Waals surface area contributed by atoms with E-state index in [1.54, 1.807) is 23.0 Å². The molecule has 4 aromatic rings. The van der Waals surface area contributed by atoms with E-state index in [2.05, 4.69) is 12.0 Å². The highest BCUT2D eigenvalue weighted by molar-refractivity contribution is 6.01. The van der Waals surface area contributed by atoms with Crippen molar-refractivity contribution in [1.82, 2.24) is 9.78 Å². The number of carbonyl (C=O) groups excluding carboxylic acids is 1. The third kappa shape index (κ3) is 3.46. The first-order valence-corrected chi connectivity index (χ1v) is 10.9.